The summed E-state index contributed by atoms with van der Waals surface area (Å²) in [5, 5.41) is 15.2. The van der Waals surface area contributed by atoms with Crippen LogP contribution in [-0.2, 0) is 4.79 Å². The third-order valence-corrected chi connectivity index (χ3v) is 4.73. The van der Waals surface area contributed by atoms with E-state index in [4.69, 9.17) is 12.2 Å². The van der Waals surface area contributed by atoms with Gasteiger partial charge in [-0.1, -0.05) is 39.8 Å². The highest BCUT2D eigenvalue weighted by atomic mass is 32.1. The summed E-state index contributed by atoms with van der Waals surface area (Å²) in [7, 11) is 0. The zero-order valence-electron chi connectivity index (χ0n) is 16.8. The van der Waals surface area contributed by atoms with E-state index in [1.165, 1.54) is 5.56 Å². The molecule has 0 saturated heterocycles. The van der Waals surface area contributed by atoms with Gasteiger partial charge < -0.3 is 10.6 Å². The van der Waals surface area contributed by atoms with Crippen molar-refractivity contribution in [3.05, 3.63) is 47.5 Å². The first kappa shape index (κ1) is 19.9. The second-order valence-corrected chi connectivity index (χ2v) is 7.90. The maximum absolute atomic E-state index is 11.8. The van der Waals surface area contributed by atoms with Gasteiger partial charge in [-0.15, -0.1) is 10.2 Å². The number of fused-ring (bicyclic) bond motifs is 1. The largest absolute Gasteiger partial charge is 0.332 e. The first-order chi connectivity index (χ1) is 13.2. The topological polar surface area (TPSA) is 71.8 Å². The van der Waals surface area contributed by atoms with E-state index in [0.717, 1.165) is 28.0 Å². The highest BCUT2D eigenvalue weighted by molar-refractivity contribution is 7.80. The molecule has 0 aliphatic heterocycles. The van der Waals surface area contributed by atoms with E-state index in [2.05, 4.69) is 46.8 Å². The van der Waals surface area contributed by atoms with Crippen LogP contribution in [0, 0.1) is 12.8 Å². The smallest absolute Gasteiger partial charge is 0.228 e. The van der Waals surface area contributed by atoms with Gasteiger partial charge in [0.1, 0.15) is 11.0 Å². The van der Waals surface area contributed by atoms with Gasteiger partial charge in [-0.25, -0.2) is 0 Å². The molecule has 2 aromatic carbocycles. The zero-order valence-corrected chi connectivity index (χ0v) is 17.6. The number of benzene rings is 2. The molecule has 0 radical (unpaired) electrons. The van der Waals surface area contributed by atoms with E-state index in [0.29, 0.717) is 5.92 Å². The number of thiocarbonyl (C=S) groups is 1. The second kappa shape index (κ2) is 8.06. The predicted molar refractivity (Wildman–Crippen MR) is 117 cm³/mol. The number of carbonyl (C=O) groups excluding carboxylic acids is 1. The fourth-order valence-electron chi connectivity index (χ4n) is 2.72. The molecule has 7 heteroatoms. The molecule has 1 amide bonds. The van der Waals surface area contributed by atoms with Crippen LogP contribution in [0.2, 0.25) is 0 Å². The summed E-state index contributed by atoms with van der Waals surface area (Å²) in [6.07, 6.45) is 0. The van der Waals surface area contributed by atoms with Crippen LogP contribution in [0.3, 0.4) is 0 Å². The Morgan fingerprint density at radius 1 is 1.04 bits per heavy atom. The Kier molecular flexibility index (Phi) is 5.74. The number of hydrogen-bond acceptors (Lipinski definition) is 4. The van der Waals surface area contributed by atoms with Crippen molar-refractivity contribution in [1.29, 1.82) is 0 Å². The summed E-state index contributed by atoms with van der Waals surface area (Å²) in [4.78, 5) is 13.4. The molecule has 146 valence electrons. The van der Waals surface area contributed by atoms with Crippen molar-refractivity contribution in [2.75, 3.05) is 5.32 Å². The molecule has 0 atom stereocenters. The minimum absolute atomic E-state index is 0.118. The van der Waals surface area contributed by atoms with Crippen molar-refractivity contribution in [3.63, 3.8) is 0 Å². The SMILES string of the molecule is Cc1cc2nn(-c3ccc(C(C)C)cc3)nc2cc1NC(=S)NC(=O)C(C)C. The van der Waals surface area contributed by atoms with Crippen LogP contribution in [0.1, 0.15) is 44.7 Å². The van der Waals surface area contributed by atoms with Gasteiger partial charge in [-0.2, -0.15) is 4.80 Å². The highest BCUT2D eigenvalue weighted by Crippen LogP contribution is 2.23. The van der Waals surface area contributed by atoms with E-state index in [1.54, 1.807) is 4.80 Å². The normalized spacial score (nSPS) is 11.2. The molecule has 0 aliphatic carbocycles. The van der Waals surface area contributed by atoms with Crippen LogP contribution in [0.4, 0.5) is 5.69 Å². The average Bonchev–Trinajstić information content (AvgIpc) is 3.04. The second-order valence-electron chi connectivity index (χ2n) is 7.49. The molecule has 1 aromatic heterocycles. The summed E-state index contributed by atoms with van der Waals surface area (Å²) >= 11 is 5.24. The minimum atomic E-state index is -0.134. The first-order valence-corrected chi connectivity index (χ1v) is 9.75. The summed E-state index contributed by atoms with van der Waals surface area (Å²) in [6, 6.07) is 12.1. The van der Waals surface area contributed by atoms with E-state index in [1.807, 2.05) is 45.0 Å². The number of aromatic nitrogens is 3. The molecule has 1 heterocycles. The van der Waals surface area contributed by atoms with Crippen molar-refractivity contribution in [2.24, 2.45) is 5.92 Å². The molecule has 0 saturated carbocycles. The van der Waals surface area contributed by atoms with Crippen LogP contribution in [-0.4, -0.2) is 26.0 Å². The molecule has 6 nitrogen and oxygen atoms in total. The fourth-order valence-corrected chi connectivity index (χ4v) is 2.93. The van der Waals surface area contributed by atoms with Crippen molar-refractivity contribution in [3.8, 4) is 5.69 Å². The number of nitrogens with zero attached hydrogens (tertiary/aromatic N) is 3. The molecule has 3 aromatic rings. The molecule has 0 spiro atoms. The summed E-state index contributed by atoms with van der Waals surface area (Å²) in [5.41, 5.74) is 5.50. The number of anilines is 1. The van der Waals surface area contributed by atoms with E-state index in [9.17, 15) is 4.79 Å². The summed E-state index contributed by atoms with van der Waals surface area (Å²) < 4.78 is 0. The lowest BCUT2D eigenvalue weighted by atomic mass is 10.0. The fraction of sp³-hybridized carbons (Fsp3) is 0.333. The predicted octanol–water partition coefficient (Wildman–Crippen LogP) is 4.32. The lowest BCUT2D eigenvalue weighted by molar-refractivity contribution is -0.122. The first-order valence-electron chi connectivity index (χ1n) is 9.34. The zero-order chi connectivity index (χ0) is 20.4. The molecule has 3 rings (SSSR count). The van der Waals surface area contributed by atoms with Gasteiger partial charge in [-0.05, 0) is 60.5 Å². The molecule has 28 heavy (non-hydrogen) atoms. The Morgan fingerprint density at radius 3 is 2.21 bits per heavy atom. The molecule has 0 bridgehead atoms. The summed E-state index contributed by atoms with van der Waals surface area (Å²) in [5.74, 6) is 0.229. The van der Waals surface area contributed by atoms with Crippen LogP contribution >= 0.6 is 12.2 Å². The Morgan fingerprint density at radius 2 is 1.64 bits per heavy atom. The van der Waals surface area contributed by atoms with Gasteiger partial charge in [0.05, 0.1) is 5.69 Å². The lowest BCUT2D eigenvalue weighted by Crippen LogP contribution is -2.36. The Bertz CT molecular complexity index is 1020. The maximum Gasteiger partial charge on any atom is 0.228 e. The third-order valence-electron chi connectivity index (χ3n) is 4.53. The molecular formula is C21H25N5OS. The number of carbonyl (C=O) groups is 1. The van der Waals surface area contributed by atoms with Crippen LogP contribution < -0.4 is 10.6 Å². The number of hydrogen-bond donors (Lipinski definition) is 2. The molecule has 0 fully saturated rings. The van der Waals surface area contributed by atoms with Crippen LogP contribution in [0.15, 0.2) is 36.4 Å². The third kappa shape index (κ3) is 4.36. The van der Waals surface area contributed by atoms with Gasteiger partial charge in [0.15, 0.2) is 5.11 Å². The maximum atomic E-state index is 11.8. The monoisotopic (exact) mass is 395 g/mol. The molecular weight excluding hydrogens is 370 g/mol. The van der Waals surface area contributed by atoms with Crippen LogP contribution in [0.25, 0.3) is 16.7 Å². The lowest BCUT2D eigenvalue weighted by Gasteiger charge is -2.12. The van der Waals surface area contributed by atoms with Crippen molar-refractivity contribution in [1.82, 2.24) is 20.3 Å². The summed E-state index contributed by atoms with van der Waals surface area (Å²) in [6.45, 7) is 9.94. The quantitative estimate of drug-likeness (QED) is 0.644. The highest BCUT2D eigenvalue weighted by Gasteiger charge is 2.12. The number of aryl methyl sites for hydroxylation is 1. The Balaban J connectivity index is 1.85. The van der Waals surface area contributed by atoms with Gasteiger partial charge in [0, 0.05) is 11.6 Å². The van der Waals surface area contributed by atoms with Gasteiger partial charge >= 0.3 is 0 Å². The van der Waals surface area contributed by atoms with Gasteiger partial charge in [-0.3, -0.25) is 4.79 Å². The van der Waals surface area contributed by atoms with E-state index >= 15 is 0 Å². The van der Waals surface area contributed by atoms with E-state index < -0.39 is 0 Å². The molecule has 2 N–H and O–H groups in total. The molecule has 0 unspecified atom stereocenters. The number of amides is 1. The standard InChI is InChI=1S/C21H25N5OS/c1-12(2)15-6-8-16(9-7-15)26-24-18-10-14(5)17(11-19(18)25-26)22-21(28)23-20(27)13(3)4/h6-13H,1-5H3,(H2,22,23,27,28). The minimum Gasteiger partial charge on any atom is -0.332 e. The van der Waals surface area contributed by atoms with E-state index in [-0.39, 0.29) is 16.9 Å². The average molecular weight is 396 g/mol. The van der Waals surface area contributed by atoms with Crippen LogP contribution in [0.5, 0.6) is 0 Å². The van der Waals surface area contributed by atoms with Gasteiger partial charge in [0.25, 0.3) is 0 Å². The van der Waals surface area contributed by atoms with Crippen molar-refractivity contribution < 1.29 is 4.79 Å². The Labute approximate surface area is 170 Å². The van der Waals surface area contributed by atoms with Gasteiger partial charge in [0.2, 0.25) is 5.91 Å². The number of nitrogens with one attached hydrogen (secondary N) is 2. The van der Waals surface area contributed by atoms with Crippen molar-refractivity contribution in [2.45, 2.75) is 40.5 Å². The Hall–Kier alpha value is -2.80. The molecule has 0 aliphatic rings. The van der Waals surface area contributed by atoms with Crippen molar-refractivity contribution >= 4 is 40.0 Å². The number of rotatable bonds is 4.